The highest BCUT2D eigenvalue weighted by Crippen LogP contribution is 2.13. The molecule has 0 aliphatic carbocycles. The number of benzene rings is 1. The summed E-state index contributed by atoms with van der Waals surface area (Å²) in [6.07, 6.45) is 0. The fourth-order valence-corrected chi connectivity index (χ4v) is 1.70. The van der Waals surface area contributed by atoms with Gasteiger partial charge in [-0.25, -0.2) is 4.68 Å². The van der Waals surface area contributed by atoms with Gasteiger partial charge >= 0.3 is 0 Å². The number of carbonyl (C=O) groups excluding carboxylic acids is 1. The molecule has 0 saturated carbocycles. The molecule has 0 fully saturated rings. The van der Waals surface area contributed by atoms with Crippen LogP contribution in [0.1, 0.15) is 23.0 Å². The maximum Gasteiger partial charge on any atom is 0.276 e. The third-order valence-electron chi connectivity index (χ3n) is 2.79. The van der Waals surface area contributed by atoms with Gasteiger partial charge in [0.1, 0.15) is 5.69 Å². The molecule has 98 valence electrons. The van der Waals surface area contributed by atoms with Gasteiger partial charge in [-0.3, -0.25) is 9.59 Å². The Morgan fingerprint density at radius 1 is 1.26 bits per heavy atom. The van der Waals surface area contributed by atoms with Crippen molar-refractivity contribution in [1.29, 1.82) is 0 Å². The molecule has 0 aliphatic rings. The largest absolute Gasteiger partial charge is 0.320 e. The van der Waals surface area contributed by atoms with Crippen molar-refractivity contribution in [2.45, 2.75) is 20.4 Å². The molecular formula is C14H15N3O2. The average Bonchev–Trinajstić information content (AvgIpc) is 2.42. The topological polar surface area (TPSA) is 64.0 Å². The average molecular weight is 257 g/mol. The summed E-state index contributed by atoms with van der Waals surface area (Å²) in [5.41, 5.74) is 1.72. The van der Waals surface area contributed by atoms with Gasteiger partial charge in [-0.2, -0.15) is 5.10 Å². The normalized spacial score (nSPS) is 10.2. The number of nitrogens with one attached hydrogen (secondary N) is 1. The zero-order valence-electron chi connectivity index (χ0n) is 10.9. The fraction of sp³-hybridized carbons (Fsp3) is 0.214. The van der Waals surface area contributed by atoms with Crippen molar-refractivity contribution in [3.05, 3.63) is 58.0 Å². The molecule has 1 aromatic carbocycles. The van der Waals surface area contributed by atoms with Gasteiger partial charge in [0.15, 0.2) is 0 Å². The molecule has 2 aromatic rings. The van der Waals surface area contributed by atoms with E-state index in [2.05, 4.69) is 10.4 Å². The van der Waals surface area contributed by atoms with Crippen LogP contribution in [-0.4, -0.2) is 15.7 Å². The molecule has 0 bridgehead atoms. The van der Waals surface area contributed by atoms with Crippen LogP contribution in [0.4, 0.5) is 5.69 Å². The fourth-order valence-electron chi connectivity index (χ4n) is 1.70. The number of nitrogens with zero attached hydrogens (tertiary/aromatic N) is 2. The van der Waals surface area contributed by atoms with E-state index in [1.54, 1.807) is 6.92 Å². The minimum atomic E-state index is -0.323. The minimum Gasteiger partial charge on any atom is -0.320 e. The van der Waals surface area contributed by atoms with Gasteiger partial charge in [0.2, 0.25) is 0 Å². The van der Waals surface area contributed by atoms with Crippen LogP contribution in [-0.2, 0) is 6.54 Å². The summed E-state index contributed by atoms with van der Waals surface area (Å²) in [4.78, 5) is 23.5. The molecule has 5 nitrogen and oxygen atoms in total. The van der Waals surface area contributed by atoms with E-state index in [4.69, 9.17) is 0 Å². The highest BCUT2D eigenvalue weighted by molar-refractivity contribution is 6.03. The SMILES string of the molecule is CCn1nc(C(=O)Nc2ccccc2C)ccc1=O. The van der Waals surface area contributed by atoms with Crippen molar-refractivity contribution in [3.8, 4) is 0 Å². The van der Waals surface area contributed by atoms with Gasteiger partial charge in [0.25, 0.3) is 11.5 Å². The van der Waals surface area contributed by atoms with E-state index in [0.29, 0.717) is 6.54 Å². The molecule has 0 radical (unpaired) electrons. The van der Waals surface area contributed by atoms with Gasteiger partial charge < -0.3 is 5.32 Å². The predicted octanol–water partition coefficient (Wildman–Crippen LogP) is 1.82. The number of hydrogen-bond donors (Lipinski definition) is 1. The van der Waals surface area contributed by atoms with E-state index in [9.17, 15) is 9.59 Å². The Morgan fingerprint density at radius 2 is 2.00 bits per heavy atom. The summed E-state index contributed by atoms with van der Waals surface area (Å²) < 4.78 is 1.26. The Morgan fingerprint density at radius 3 is 2.68 bits per heavy atom. The van der Waals surface area contributed by atoms with Gasteiger partial charge in [-0.05, 0) is 31.5 Å². The standard InChI is InChI=1S/C14H15N3O2/c1-3-17-13(18)9-8-12(16-17)14(19)15-11-7-5-4-6-10(11)2/h4-9H,3H2,1-2H3,(H,15,19). The van der Waals surface area contributed by atoms with Gasteiger partial charge in [-0.1, -0.05) is 18.2 Å². The number of carbonyl (C=O) groups is 1. The first-order chi connectivity index (χ1) is 9.11. The molecule has 1 N–H and O–H groups in total. The lowest BCUT2D eigenvalue weighted by Gasteiger charge is -2.08. The Balaban J connectivity index is 2.26. The van der Waals surface area contributed by atoms with Crippen LogP contribution in [0.2, 0.25) is 0 Å². The Bertz CT molecular complexity index is 662. The minimum absolute atomic E-state index is 0.213. The Labute approximate surface area is 110 Å². The molecule has 0 aliphatic heterocycles. The molecule has 0 atom stereocenters. The van der Waals surface area contributed by atoms with Crippen molar-refractivity contribution >= 4 is 11.6 Å². The van der Waals surface area contributed by atoms with E-state index < -0.39 is 0 Å². The molecule has 19 heavy (non-hydrogen) atoms. The molecule has 0 spiro atoms. The predicted molar refractivity (Wildman–Crippen MR) is 73.3 cm³/mol. The van der Waals surface area contributed by atoms with Crippen molar-refractivity contribution in [3.63, 3.8) is 0 Å². The van der Waals surface area contributed by atoms with Crippen molar-refractivity contribution < 1.29 is 4.79 Å². The molecule has 1 aromatic heterocycles. The molecule has 0 unspecified atom stereocenters. The lowest BCUT2D eigenvalue weighted by atomic mass is 10.2. The number of aromatic nitrogens is 2. The van der Waals surface area contributed by atoms with E-state index in [1.165, 1.54) is 16.8 Å². The monoisotopic (exact) mass is 257 g/mol. The lowest BCUT2D eigenvalue weighted by molar-refractivity contribution is 0.102. The third-order valence-corrected chi connectivity index (χ3v) is 2.79. The van der Waals surface area contributed by atoms with Crippen molar-refractivity contribution in [2.24, 2.45) is 0 Å². The highest BCUT2D eigenvalue weighted by atomic mass is 16.2. The first-order valence-corrected chi connectivity index (χ1v) is 6.07. The smallest absolute Gasteiger partial charge is 0.276 e. The van der Waals surface area contributed by atoms with E-state index >= 15 is 0 Å². The molecule has 1 amide bonds. The van der Waals surface area contributed by atoms with Gasteiger partial charge in [0.05, 0.1) is 0 Å². The summed E-state index contributed by atoms with van der Waals surface area (Å²) in [5, 5.41) is 6.79. The van der Waals surface area contributed by atoms with E-state index in [1.807, 2.05) is 31.2 Å². The first-order valence-electron chi connectivity index (χ1n) is 6.07. The number of rotatable bonds is 3. The summed E-state index contributed by atoms with van der Waals surface area (Å²) in [7, 11) is 0. The summed E-state index contributed by atoms with van der Waals surface area (Å²) in [5.74, 6) is -0.323. The quantitative estimate of drug-likeness (QED) is 0.912. The first kappa shape index (κ1) is 13.0. The van der Waals surface area contributed by atoms with E-state index in [0.717, 1.165) is 11.3 Å². The number of aryl methyl sites for hydroxylation is 2. The third kappa shape index (κ3) is 2.88. The maximum atomic E-state index is 12.1. The number of anilines is 1. The second kappa shape index (κ2) is 5.48. The lowest BCUT2D eigenvalue weighted by Crippen LogP contribution is -2.25. The number of para-hydroxylation sites is 1. The van der Waals surface area contributed by atoms with Gasteiger partial charge in [-0.15, -0.1) is 0 Å². The molecular weight excluding hydrogens is 242 g/mol. The number of hydrogen-bond acceptors (Lipinski definition) is 3. The molecule has 0 saturated heterocycles. The zero-order chi connectivity index (χ0) is 13.8. The second-order valence-electron chi connectivity index (χ2n) is 4.14. The van der Waals surface area contributed by atoms with Crippen LogP contribution in [0.3, 0.4) is 0 Å². The maximum absolute atomic E-state index is 12.1. The van der Waals surface area contributed by atoms with Crippen LogP contribution in [0.15, 0.2) is 41.2 Å². The van der Waals surface area contributed by atoms with Crippen LogP contribution >= 0.6 is 0 Å². The highest BCUT2D eigenvalue weighted by Gasteiger charge is 2.10. The summed E-state index contributed by atoms with van der Waals surface area (Å²) in [6.45, 7) is 4.15. The summed E-state index contributed by atoms with van der Waals surface area (Å²) in [6, 6.07) is 10.3. The van der Waals surface area contributed by atoms with Crippen LogP contribution in [0.5, 0.6) is 0 Å². The molecule has 1 heterocycles. The number of amides is 1. The van der Waals surface area contributed by atoms with Crippen molar-refractivity contribution in [2.75, 3.05) is 5.32 Å². The Kier molecular flexibility index (Phi) is 3.75. The molecule has 2 rings (SSSR count). The van der Waals surface area contributed by atoms with Gasteiger partial charge in [0, 0.05) is 18.3 Å². The summed E-state index contributed by atoms with van der Waals surface area (Å²) >= 11 is 0. The van der Waals surface area contributed by atoms with Crippen molar-refractivity contribution in [1.82, 2.24) is 9.78 Å². The second-order valence-corrected chi connectivity index (χ2v) is 4.14. The van der Waals surface area contributed by atoms with Crippen LogP contribution in [0, 0.1) is 6.92 Å². The van der Waals surface area contributed by atoms with E-state index in [-0.39, 0.29) is 17.2 Å². The molecule has 5 heteroatoms. The van der Waals surface area contributed by atoms with Crippen LogP contribution < -0.4 is 10.9 Å². The zero-order valence-corrected chi connectivity index (χ0v) is 10.9. The van der Waals surface area contributed by atoms with Crippen LogP contribution in [0.25, 0.3) is 0 Å². The Hall–Kier alpha value is -2.43.